The molecule has 0 aliphatic carbocycles. The lowest BCUT2D eigenvalue weighted by Crippen LogP contribution is -2.50. The van der Waals surface area contributed by atoms with Crippen molar-refractivity contribution >= 4 is 40.3 Å². The van der Waals surface area contributed by atoms with Gasteiger partial charge >= 0.3 is 0 Å². The molecular formula is C29H31N5O3S. The van der Waals surface area contributed by atoms with Crippen molar-refractivity contribution in [3.63, 3.8) is 0 Å². The van der Waals surface area contributed by atoms with Gasteiger partial charge in [0.1, 0.15) is 0 Å². The summed E-state index contributed by atoms with van der Waals surface area (Å²) in [4.78, 5) is 49.1. The first-order valence-electron chi connectivity index (χ1n) is 12.7. The Morgan fingerprint density at radius 2 is 1.68 bits per heavy atom. The average molecular weight is 530 g/mol. The quantitative estimate of drug-likeness (QED) is 0.625. The fourth-order valence-corrected chi connectivity index (χ4v) is 6.04. The molecule has 0 spiro atoms. The molecular weight excluding hydrogens is 498 g/mol. The number of para-hydroxylation sites is 1. The number of allylic oxidation sites excluding steroid dienone is 1. The van der Waals surface area contributed by atoms with Gasteiger partial charge in [-0.3, -0.25) is 14.4 Å². The number of thioether (sulfide) groups is 1. The normalized spacial score (nSPS) is 19.1. The second kappa shape index (κ2) is 10.9. The standard InChI is InChI=1S/C29H31N5O3S/c1-19-8-7-9-22(16-19)27-26(28(37)31-23-10-5-4-6-11-23)20(2)30-29-34(27)24(18-38-29)17-25(36)33-14-12-32(13-15-33)21(3)35/h4-11,16,18,27H,12-15,17H2,1-3H3,(H,31,37). The van der Waals surface area contributed by atoms with E-state index in [1.165, 1.54) is 11.8 Å². The van der Waals surface area contributed by atoms with Gasteiger partial charge in [-0.2, -0.15) is 0 Å². The highest BCUT2D eigenvalue weighted by Gasteiger charge is 2.41. The van der Waals surface area contributed by atoms with Crippen molar-refractivity contribution < 1.29 is 14.4 Å². The molecule has 38 heavy (non-hydrogen) atoms. The Balaban J connectivity index is 1.43. The van der Waals surface area contributed by atoms with Gasteiger partial charge in [-0.1, -0.05) is 59.8 Å². The predicted octanol–water partition coefficient (Wildman–Crippen LogP) is 4.29. The minimum absolute atomic E-state index is 0.00542. The van der Waals surface area contributed by atoms with Gasteiger partial charge in [-0.15, -0.1) is 0 Å². The third-order valence-corrected chi connectivity index (χ3v) is 7.93. The molecule has 1 N–H and O–H groups in total. The highest BCUT2D eigenvalue weighted by Crippen LogP contribution is 2.45. The summed E-state index contributed by atoms with van der Waals surface area (Å²) in [7, 11) is 0. The molecule has 1 unspecified atom stereocenters. The van der Waals surface area contributed by atoms with Crippen LogP contribution in [-0.4, -0.2) is 63.8 Å². The van der Waals surface area contributed by atoms with Crippen LogP contribution in [0.4, 0.5) is 5.69 Å². The Morgan fingerprint density at radius 3 is 2.37 bits per heavy atom. The summed E-state index contributed by atoms with van der Waals surface area (Å²) in [5, 5.41) is 5.76. The number of fused-ring (bicyclic) bond motifs is 1. The van der Waals surface area contributed by atoms with Crippen LogP contribution < -0.4 is 5.32 Å². The zero-order valence-electron chi connectivity index (χ0n) is 21.8. The minimum Gasteiger partial charge on any atom is -0.339 e. The summed E-state index contributed by atoms with van der Waals surface area (Å²) < 4.78 is 0. The van der Waals surface area contributed by atoms with Crippen molar-refractivity contribution in [1.82, 2.24) is 14.7 Å². The van der Waals surface area contributed by atoms with E-state index in [2.05, 4.69) is 11.4 Å². The zero-order chi connectivity index (χ0) is 26.8. The number of benzene rings is 2. The number of nitrogens with zero attached hydrogens (tertiary/aromatic N) is 4. The van der Waals surface area contributed by atoms with Gasteiger partial charge in [0.25, 0.3) is 5.91 Å². The molecule has 3 aliphatic rings. The Hall–Kier alpha value is -3.85. The van der Waals surface area contributed by atoms with Crippen LogP contribution in [0.15, 0.2) is 82.0 Å². The molecule has 0 saturated carbocycles. The third kappa shape index (κ3) is 5.24. The Bertz CT molecular complexity index is 1360. The molecule has 0 bridgehead atoms. The molecule has 0 aromatic heterocycles. The van der Waals surface area contributed by atoms with Gasteiger partial charge in [-0.05, 0) is 37.0 Å². The van der Waals surface area contributed by atoms with Crippen LogP contribution in [0.5, 0.6) is 0 Å². The largest absolute Gasteiger partial charge is 0.339 e. The maximum atomic E-state index is 13.7. The molecule has 3 amide bonds. The molecule has 196 valence electrons. The van der Waals surface area contributed by atoms with Crippen molar-refractivity contribution in [2.45, 2.75) is 33.2 Å². The number of nitrogens with one attached hydrogen (secondary N) is 1. The first-order valence-corrected chi connectivity index (χ1v) is 13.6. The molecule has 2 aromatic rings. The topological polar surface area (TPSA) is 85.3 Å². The molecule has 5 rings (SSSR count). The van der Waals surface area contributed by atoms with Crippen molar-refractivity contribution in [1.29, 1.82) is 0 Å². The van der Waals surface area contributed by atoms with Gasteiger partial charge in [0, 0.05) is 44.5 Å². The number of aliphatic imine (C=N–C) groups is 1. The fraction of sp³-hybridized carbons (Fsp3) is 0.310. The smallest absolute Gasteiger partial charge is 0.255 e. The van der Waals surface area contributed by atoms with Crippen LogP contribution >= 0.6 is 11.8 Å². The summed E-state index contributed by atoms with van der Waals surface area (Å²) in [6, 6.07) is 17.1. The average Bonchev–Trinajstić information content (AvgIpc) is 3.30. The van der Waals surface area contributed by atoms with Crippen molar-refractivity contribution in [3.8, 4) is 0 Å². The monoisotopic (exact) mass is 529 g/mol. The summed E-state index contributed by atoms with van der Waals surface area (Å²) in [5.74, 6) is -0.178. The second-order valence-corrected chi connectivity index (χ2v) is 10.5. The van der Waals surface area contributed by atoms with E-state index in [4.69, 9.17) is 4.99 Å². The SMILES string of the molecule is CC(=O)N1CCN(C(=O)CC2=CSC3=NC(C)=C(C(=O)Nc4ccccc4)C(c4cccc(C)c4)N23)CC1. The summed E-state index contributed by atoms with van der Waals surface area (Å²) >= 11 is 1.48. The summed E-state index contributed by atoms with van der Waals surface area (Å²) in [6.45, 7) is 7.58. The van der Waals surface area contributed by atoms with E-state index in [0.29, 0.717) is 43.1 Å². The van der Waals surface area contributed by atoms with E-state index in [1.54, 1.807) is 11.8 Å². The van der Waals surface area contributed by atoms with Crippen molar-refractivity contribution in [3.05, 3.63) is 88.1 Å². The number of aryl methyl sites for hydroxylation is 1. The lowest BCUT2D eigenvalue weighted by atomic mass is 9.92. The number of anilines is 1. The highest BCUT2D eigenvalue weighted by molar-refractivity contribution is 8.16. The van der Waals surface area contributed by atoms with Crippen LogP contribution in [0.25, 0.3) is 0 Å². The zero-order valence-corrected chi connectivity index (χ0v) is 22.6. The van der Waals surface area contributed by atoms with Gasteiger partial charge < -0.3 is 20.0 Å². The van der Waals surface area contributed by atoms with Gasteiger partial charge in [0.2, 0.25) is 11.8 Å². The molecule has 1 atom stereocenters. The van der Waals surface area contributed by atoms with Gasteiger partial charge in [-0.25, -0.2) is 4.99 Å². The van der Waals surface area contributed by atoms with E-state index in [-0.39, 0.29) is 24.1 Å². The molecule has 3 aliphatic heterocycles. The summed E-state index contributed by atoms with van der Waals surface area (Å²) in [5.41, 5.74) is 4.79. The Kier molecular flexibility index (Phi) is 7.37. The Morgan fingerprint density at radius 1 is 0.974 bits per heavy atom. The summed E-state index contributed by atoms with van der Waals surface area (Å²) in [6.07, 6.45) is 0.195. The van der Waals surface area contributed by atoms with E-state index >= 15 is 0 Å². The molecule has 1 fully saturated rings. The molecule has 0 radical (unpaired) electrons. The number of rotatable bonds is 5. The molecule has 2 aromatic carbocycles. The molecule has 9 heteroatoms. The maximum Gasteiger partial charge on any atom is 0.255 e. The highest BCUT2D eigenvalue weighted by atomic mass is 32.2. The lowest BCUT2D eigenvalue weighted by molar-refractivity contribution is -0.138. The number of hydrogen-bond acceptors (Lipinski definition) is 6. The van der Waals surface area contributed by atoms with Gasteiger partial charge in [0.15, 0.2) is 5.17 Å². The fourth-order valence-electron chi connectivity index (χ4n) is 5.07. The lowest BCUT2D eigenvalue weighted by Gasteiger charge is -2.38. The van der Waals surface area contributed by atoms with Crippen LogP contribution in [-0.2, 0) is 14.4 Å². The van der Waals surface area contributed by atoms with E-state index < -0.39 is 6.04 Å². The third-order valence-electron chi connectivity index (χ3n) is 7.04. The van der Waals surface area contributed by atoms with Gasteiger partial charge in [0.05, 0.1) is 23.7 Å². The first kappa shape index (κ1) is 25.8. The van der Waals surface area contributed by atoms with Crippen LogP contribution in [0.2, 0.25) is 0 Å². The number of hydrogen-bond donors (Lipinski definition) is 1. The Labute approximate surface area is 227 Å². The number of amides is 3. The first-order chi connectivity index (χ1) is 18.3. The molecule has 8 nitrogen and oxygen atoms in total. The minimum atomic E-state index is -0.422. The number of carbonyl (C=O) groups excluding carboxylic acids is 3. The second-order valence-electron chi connectivity index (χ2n) is 9.69. The van der Waals surface area contributed by atoms with Crippen molar-refractivity contribution in [2.24, 2.45) is 4.99 Å². The number of piperazine rings is 1. The molecule has 3 heterocycles. The number of amidine groups is 1. The predicted molar refractivity (Wildman–Crippen MR) is 150 cm³/mol. The van der Waals surface area contributed by atoms with Crippen LogP contribution in [0.3, 0.4) is 0 Å². The van der Waals surface area contributed by atoms with Crippen LogP contribution in [0.1, 0.15) is 37.4 Å². The van der Waals surface area contributed by atoms with E-state index in [1.807, 2.05) is 77.6 Å². The van der Waals surface area contributed by atoms with E-state index in [0.717, 1.165) is 22.0 Å². The maximum absolute atomic E-state index is 13.7. The molecule has 1 saturated heterocycles. The van der Waals surface area contributed by atoms with E-state index in [9.17, 15) is 14.4 Å². The number of carbonyl (C=O) groups is 3. The van der Waals surface area contributed by atoms with Crippen LogP contribution in [0, 0.1) is 6.92 Å². The van der Waals surface area contributed by atoms with Crippen molar-refractivity contribution in [2.75, 3.05) is 31.5 Å².